The Kier molecular flexibility index (Phi) is 4.71. The first-order valence-corrected chi connectivity index (χ1v) is 8.93. The SMILES string of the molecule is CN(C(=O)c1ccc(Cl)c(=O)[nH]1)[C@@H]1COCc2[nH]c(=O)c3cc(F)c(F)cc3c21. The van der Waals surface area contributed by atoms with Crippen LogP contribution in [-0.2, 0) is 11.3 Å². The lowest BCUT2D eigenvalue weighted by atomic mass is 9.95. The van der Waals surface area contributed by atoms with Crippen LogP contribution < -0.4 is 11.1 Å². The fraction of sp³-hybridized carbons (Fsp3) is 0.211. The van der Waals surface area contributed by atoms with Crippen molar-refractivity contribution in [1.82, 2.24) is 14.9 Å². The van der Waals surface area contributed by atoms with Crippen LogP contribution in [0, 0.1) is 11.6 Å². The second-order valence-electron chi connectivity index (χ2n) is 6.65. The van der Waals surface area contributed by atoms with Crippen molar-refractivity contribution < 1.29 is 18.3 Å². The van der Waals surface area contributed by atoms with Gasteiger partial charge in [0.1, 0.15) is 10.7 Å². The molecule has 0 aliphatic carbocycles. The average Bonchev–Trinajstić information content (AvgIpc) is 2.70. The summed E-state index contributed by atoms with van der Waals surface area (Å²) in [4.78, 5) is 43.2. The number of fused-ring (bicyclic) bond motifs is 3. The molecule has 1 aromatic carbocycles. The fourth-order valence-corrected chi connectivity index (χ4v) is 3.57. The van der Waals surface area contributed by atoms with Crippen molar-refractivity contribution in [3.8, 4) is 0 Å². The predicted octanol–water partition coefficient (Wildman–Crippen LogP) is 2.49. The van der Waals surface area contributed by atoms with Gasteiger partial charge < -0.3 is 19.6 Å². The van der Waals surface area contributed by atoms with E-state index < -0.39 is 34.7 Å². The van der Waals surface area contributed by atoms with Crippen molar-refractivity contribution in [2.75, 3.05) is 13.7 Å². The van der Waals surface area contributed by atoms with Crippen LogP contribution >= 0.6 is 11.6 Å². The number of hydrogen-bond acceptors (Lipinski definition) is 4. The Balaban J connectivity index is 1.85. The molecule has 1 atom stereocenters. The van der Waals surface area contributed by atoms with Gasteiger partial charge in [-0.2, -0.15) is 0 Å². The van der Waals surface area contributed by atoms with E-state index in [9.17, 15) is 23.2 Å². The highest BCUT2D eigenvalue weighted by atomic mass is 35.5. The number of hydrogen-bond donors (Lipinski definition) is 2. The summed E-state index contributed by atoms with van der Waals surface area (Å²) in [6.45, 7) is 0.114. The summed E-state index contributed by atoms with van der Waals surface area (Å²) in [5.74, 6) is -2.79. The number of nitrogens with one attached hydrogen (secondary N) is 2. The van der Waals surface area contributed by atoms with Crippen LogP contribution in [0.4, 0.5) is 8.78 Å². The fourth-order valence-electron chi connectivity index (χ4n) is 3.46. The maximum atomic E-state index is 13.9. The lowest BCUT2D eigenvalue weighted by Crippen LogP contribution is -2.38. The molecular formula is C19H14ClF2N3O4. The maximum Gasteiger partial charge on any atom is 0.270 e. The van der Waals surface area contributed by atoms with E-state index in [4.69, 9.17) is 16.3 Å². The van der Waals surface area contributed by atoms with Gasteiger partial charge in [0.25, 0.3) is 17.0 Å². The number of halogens is 3. The minimum atomic E-state index is -1.14. The Bertz CT molecular complexity index is 1270. The zero-order valence-corrected chi connectivity index (χ0v) is 15.8. The van der Waals surface area contributed by atoms with Crippen LogP contribution in [0.3, 0.4) is 0 Å². The number of H-pyrrole nitrogens is 2. The van der Waals surface area contributed by atoms with Gasteiger partial charge in [0.05, 0.1) is 24.6 Å². The molecule has 0 saturated heterocycles. The number of likely N-dealkylation sites (N-methyl/N-ethyl adjacent to an activating group) is 1. The Hall–Kier alpha value is -3.04. The summed E-state index contributed by atoms with van der Waals surface area (Å²) < 4.78 is 33.1. The number of nitrogens with zero attached hydrogens (tertiary/aromatic N) is 1. The molecule has 1 aliphatic rings. The summed E-state index contributed by atoms with van der Waals surface area (Å²) in [5.41, 5.74) is -0.373. The van der Waals surface area contributed by atoms with Gasteiger partial charge in [0.2, 0.25) is 0 Å². The van der Waals surface area contributed by atoms with E-state index >= 15 is 0 Å². The van der Waals surface area contributed by atoms with Crippen molar-refractivity contribution in [2.45, 2.75) is 12.6 Å². The molecule has 2 aromatic heterocycles. The zero-order chi connectivity index (χ0) is 20.9. The van der Waals surface area contributed by atoms with Crippen LogP contribution in [0.2, 0.25) is 5.02 Å². The highest BCUT2D eigenvalue weighted by Crippen LogP contribution is 2.34. The molecule has 0 unspecified atom stereocenters. The molecule has 29 heavy (non-hydrogen) atoms. The molecule has 0 bridgehead atoms. The maximum absolute atomic E-state index is 13.9. The van der Waals surface area contributed by atoms with Crippen molar-refractivity contribution in [2.24, 2.45) is 0 Å². The molecule has 3 heterocycles. The lowest BCUT2D eigenvalue weighted by Gasteiger charge is -2.33. The lowest BCUT2D eigenvalue weighted by molar-refractivity contribution is 0.0332. The Labute approximate surface area is 166 Å². The van der Waals surface area contributed by atoms with E-state index in [1.54, 1.807) is 0 Å². The number of benzene rings is 1. The standard InChI is InChI=1S/C19H14ClF2N3O4/c1-25(19(28)13-3-2-10(20)18(27)23-13)15-7-29-6-14-16(15)8-4-11(21)12(22)5-9(8)17(26)24-14/h2-5,15H,6-7H2,1H3,(H,23,27)(H,24,26)/t15-/m1/s1. The average molecular weight is 422 g/mol. The molecule has 0 radical (unpaired) electrons. The van der Waals surface area contributed by atoms with Crippen molar-refractivity contribution in [3.63, 3.8) is 0 Å². The zero-order valence-electron chi connectivity index (χ0n) is 15.0. The molecule has 2 N–H and O–H groups in total. The topological polar surface area (TPSA) is 95.3 Å². The summed E-state index contributed by atoms with van der Waals surface area (Å²) in [5, 5.41) is 0.104. The number of amides is 1. The van der Waals surface area contributed by atoms with Gasteiger partial charge in [-0.1, -0.05) is 11.6 Å². The van der Waals surface area contributed by atoms with Crippen molar-refractivity contribution in [3.05, 3.63) is 78.6 Å². The molecule has 0 saturated carbocycles. The third kappa shape index (κ3) is 3.22. The molecule has 7 nitrogen and oxygen atoms in total. The third-order valence-electron chi connectivity index (χ3n) is 4.92. The number of aromatic amines is 2. The first-order chi connectivity index (χ1) is 13.8. The van der Waals surface area contributed by atoms with Gasteiger partial charge in [-0.05, 0) is 29.7 Å². The quantitative estimate of drug-likeness (QED) is 0.664. The second-order valence-corrected chi connectivity index (χ2v) is 7.06. The molecule has 150 valence electrons. The number of pyridine rings is 2. The summed E-state index contributed by atoms with van der Waals surface area (Å²) in [6.07, 6.45) is 0. The van der Waals surface area contributed by atoms with E-state index in [0.29, 0.717) is 11.3 Å². The van der Waals surface area contributed by atoms with Gasteiger partial charge in [0, 0.05) is 18.3 Å². The Morgan fingerprint density at radius 3 is 2.52 bits per heavy atom. The van der Waals surface area contributed by atoms with Gasteiger partial charge in [-0.25, -0.2) is 8.78 Å². The van der Waals surface area contributed by atoms with E-state index in [1.165, 1.54) is 24.1 Å². The Morgan fingerprint density at radius 1 is 1.14 bits per heavy atom. The molecule has 1 amide bonds. The van der Waals surface area contributed by atoms with Gasteiger partial charge in [-0.15, -0.1) is 0 Å². The number of carbonyl (C=O) groups is 1. The first kappa shape index (κ1) is 19.3. The predicted molar refractivity (Wildman–Crippen MR) is 101 cm³/mol. The van der Waals surface area contributed by atoms with E-state index in [1.807, 2.05) is 0 Å². The highest BCUT2D eigenvalue weighted by molar-refractivity contribution is 6.30. The van der Waals surface area contributed by atoms with Crippen LogP contribution in [0.5, 0.6) is 0 Å². The van der Waals surface area contributed by atoms with Crippen molar-refractivity contribution in [1.29, 1.82) is 0 Å². The number of rotatable bonds is 2. The van der Waals surface area contributed by atoms with E-state index in [0.717, 1.165) is 12.1 Å². The van der Waals surface area contributed by atoms with Crippen LogP contribution in [0.1, 0.15) is 27.8 Å². The summed E-state index contributed by atoms with van der Waals surface area (Å²) in [6, 6.07) is 3.73. The molecule has 1 aliphatic heterocycles. The largest absolute Gasteiger partial charge is 0.373 e. The van der Waals surface area contributed by atoms with Crippen LogP contribution in [0.15, 0.2) is 33.9 Å². The van der Waals surface area contributed by atoms with Gasteiger partial charge in [-0.3, -0.25) is 14.4 Å². The third-order valence-corrected chi connectivity index (χ3v) is 5.22. The van der Waals surface area contributed by atoms with Crippen LogP contribution in [0.25, 0.3) is 10.8 Å². The van der Waals surface area contributed by atoms with E-state index in [2.05, 4.69) is 9.97 Å². The highest BCUT2D eigenvalue weighted by Gasteiger charge is 2.31. The normalized spacial score (nSPS) is 15.9. The molecule has 10 heteroatoms. The number of carbonyl (C=O) groups excluding carboxylic acids is 1. The molecular weight excluding hydrogens is 408 g/mol. The summed E-state index contributed by atoms with van der Waals surface area (Å²) in [7, 11) is 1.48. The summed E-state index contributed by atoms with van der Waals surface area (Å²) >= 11 is 5.70. The smallest absolute Gasteiger partial charge is 0.270 e. The van der Waals surface area contributed by atoms with E-state index in [-0.39, 0.29) is 34.7 Å². The number of aromatic nitrogens is 2. The second kappa shape index (κ2) is 7.09. The molecule has 0 fully saturated rings. The first-order valence-electron chi connectivity index (χ1n) is 8.55. The van der Waals surface area contributed by atoms with Gasteiger partial charge >= 0.3 is 0 Å². The minimum absolute atomic E-state index is 0.0000198. The molecule has 0 spiro atoms. The minimum Gasteiger partial charge on any atom is -0.373 e. The molecule has 3 aromatic rings. The Morgan fingerprint density at radius 2 is 1.83 bits per heavy atom. The van der Waals surface area contributed by atoms with Crippen molar-refractivity contribution >= 4 is 28.3 Å². The van der Waals surface area contributed by atoms with Gasteiger partial charge in [0.15, 0.2) is 11.6 Å². The van der Waals surface area contributed by atoms with Crippen LogP contribution in [-0.4, -0.2) is 34.4 Å². The number of ether oxygens (including phenoxy) is 1. The monoisotopic (exact) mass is 421 g/mol. The molecule has 4 rings (SSSR count).